The number of imidazole rings is 1. The van der Waals surface area contributed by atoms with Crippen molar-refractivity contribution < 1.29 is 0 Å². The van der Waals surface area contributed by atoms with E-state index in [-0.39, 0.29) is 6.04 Å². The van der Waals surface area contributed by atoms with Crippen LogP contribution in [0, 0.1) is 0 Å². The lowest BCUT2D eigenvalue weighted by Gasteiger charge is -2.25. The molecule has 0 amide bonds. The maximum atomic E-state index is 4.73. The van der Waals surface area contributed by atoms with Gasteiger partial charge in [-0.25, -0.2) is 4.98 Å². The lowest BCUT2D eigenvalue weighted by Crippen LogP contribution is -2.18. The molecule has 0 saturated carbocycles. The molecule has 0 fully saturated rings. The molecule has 23 heavy (non-hydrogen) atoms. The molecule has 1 atom stereocenters. The van der Waals surface area contributed by atoms with Crippen LogP contribution in [0.1, 0.15) is 18.5 Å². The number of anilines is 2. The van der Waals surface area contributed by atoms with Gasteiger partial charge in [0.05, 0.1) is 17.1 Å². The van der Waals surface area contributed by atoms with Crippen LogP contribution in [0.15, 0.2) is 60.3 Å². The second-order valence-electron chi connectivity index (χ2n) is 6.20. The number of allylic oxidation sites excluding steroid dienone is 2. The normalized spacial score (nSPS) is 16.7. The predicted octanol–water partition coefficient (Wildman–Crippen LogP) is 4.02. The van der Waals surface area contributed by atoms with E-state index in [0.717, 1.165) is 22.7 Å². The van der Waals surface area contributed by atoms with Crippen molar-refractivity contribution >= 4 is 22.7 Å². The Morgan fingerprint density at radius 2 is 1.78 bits per heavy atom. The predicted molar refractivity (Wildman–Crippen MR) is 96.0 cm³/mol. The average molecular weight is 304 g/mol. The maximum Gasteiger partial charge on any atom is 0.208 e. The zero-order valence-electron chi connectivity index (χ0n) is 13.6. The zero-order valence-corrected chi connectivity index (χ0v) is 13.6. The fourth-order valence-corrected chi connectivity index (χ4v) is 3.16. The van der Waals surface area contributed by atoms with Crippen LogP contribution in [0.5, 0.6) is 0 Å². The van der Waals surface area contributed by atoms with Crippen molar-refractivity contribution in [3.63, 3.8) is 0 Å². The largest absolute Gasteiger partial charge is 0.378 e. The van der Waals surface area contributed by atoms with E-state index < -0.39 is 0 Å². The van der Waals surface area contributed by atoms with Crippen molar-refractivity contribution in [3.8, 4) is 0 Å². The van der Waals surface area contributed by atoms with E-state index in [0.29, 0.717) is 0 Å². The first-order chi connectivity index (χ1) is 11.1. The second kappa shape index (κ2) is 5.16. The van der Waals surface area contributed by atoms with E-state index in [9.17, 15) is 0 Å². The molecule has 0 bridgehead atoms. The van der Waals surface area contributed by atoms with Gasteiger partial charge in [0.25, 0.3) is 0 Å². The number of para-hydroxylation sites is 2. The summed E-state index contributed by atoms with van der Waals surface area (Å²) in [7, 11) is 4.12. The smallest absolute Gasteiger partial charge is 0.208 e. The molecular formula is C19H20N4. The first-order valence-corrected chi connectivity index (χ1v) is 7.83. The number of nitrogens with zero attached hydrogens (tertiary/aromatic N) is 3. The molecule has 1 aromatic heterocycles. The monoisotopic (exact) mass is 304 g/mol. The third-order valence-electron chi connectivity index (χ3n) is 4.34. The van der Waals surface area contributed by atoms with Gasteiger partial charge in [-0.3, -0.25) is 4.57 Å². The highest BCUT2D eigenvalue weighted by Crippen LogP contribution is 2.34. The van der Waals surface area contributed by atoms with Crippen LogP contribution in [0.2, 0.25) is 0 Å². The minimum atomic E-state index is 0.162. The molecule has 4 nitrogen and oxygen atoms in total. The summed E-state index contributed by atoms with van der Waals surface area (Å²) < 4.78 is 2.27. The van der Waals surface area contributed by atoms with Crippen molar-refractivity contribution in [2.75, 3.05) is 24.3 Å². The van der Waals surface area contributed by atoms with Gasteiger partial charge in [-0.2, -0.15) is 0 Å². The minimum Gasteiger partial charge on any atom is -0.378 e. The van der Waals surface area contributed by atoms with Crippen LogP contribution in [0.3, 0.4) is 0 Å². The molecule has 0 radical (unpaired) electrons. The second-order valence-corrected chi connectivity index (χ2v) is 6.20. The molecule has 3 aromatic rings. The summed E-state index contributed by atoms with van der Waals surface area (Å²) in [5.41, 5.74) is 5.78. The van der Waals surface area contributed by atoms with Crippen LogP contribution in [-0.4, -0.2) is 23.6 Å². The quantitative estimate of drug-likeness (QED) is 0.776. The highest BCUT2D eigenvalue weighted by Gasteiger charge is 2.23. The number of nitrogens with one attached hydrogen (secondary N) is 1. The molecule has 4 heteroatoms. The summed E-state index contributed by atoms with van der Waals surface area (Å²) in [5.74, 6) is 0.910. The van der Waals surface area contributed by atoms with Crippen molar-refractivity contribution in [2.24, 2.45) is 0 Å². The highest BCUT2D eigenvalue weighted by molar-refractivity contribution is 5.80. The topological polar surface area (TPSA) is 33.1 Å². The summed E-state index contributed by atoms with van der Waals surface area (Å²) in [4.78, 5) is 6.84. The third kappa shape index (κ3) is 2.27. The maximum absolute atomic E-state index is 4.73. The number of hydrogen-bond donors (Lipinski definition) is 1. The van der Waals surface area contributed by atoms with E-state index in [1.54, 1.807) is 0 Å². The van der Waals surface area contributed by atoms with E-state index >= 15 is 0 Å². The molecule has 1 aliphatic heterocycles. The van der Waals surface area contributed by atoms with Crippen LogP contribution >= 0.6 is 0 Å². The standard InChI is InChI=1S/C19H20N4/c1-13-12-18(14-8-10-15(11-9-14)22(2)3)23-17-7-5-4-6-16(17)21-19(23)20-13/h4-12,18H,1-3H3,(H,20,21). The van der Waals surface area contributed by atoms with Crippen LogP contribution < -0.4 is 10.2 Å². The molecule has 1 aliphatic rings. The Bertz CT molecular complexity index is 887. The fraction of sp³-hybridized carbons (Fsp3) is 0.211. The summed E-state index contributed by atoms with van der Waals surface area (Å²) >= 11 is 0. The van der Waals surface area contributed by atoms with E-state index in [4.69, 9.17) is 4.98 Å². The SMILES string of the molecule is CC1=CC(c2ccc(N(C)C)cc2)n2c(nc3ccccc32)N1. The first-order valence-electron chi connectivity index (χ1n) is 7.83. The number of hydrogen-bond acceptors (Lipinski definition) is 3. The molecule has 0 aliphatic carbocycles. The zero-order chi connectivity index (χ0) is 16.0. The fourth-order valence-electron chi connectivity index (χ4n) is 3.16. The lowest BCUT2D eigenvalue weighted by molar-refractivity contribution is 0.707. The summed E-state index contributed by atoms with van der Waals surface area (Å²) in [6.07, 6.45) is 2.26. The van der Waals surface area contributed by atoms with Crippen molar-refractivity contribution in [3.05, 3.63) is 65.9 Å². The van der Waals surface area contributed by atoms with Gasteiger partial charge in [-0.1, -0.05) is 24.3 Å². The van der Waals surface area contributed by atoms with Crippen molar-refractivity contribution in [1.82, 2.24) is 9.55 Å². The molecule has 0 spiro atoms. The van der Waals surface area contributed by atoms with Gasteiger partial charge in [-0.15, -0.1) is 0 Å². The summed E-state index contributed by atoms with van der Waals surface area (Å²) in [6, 6.07) is 17.2. The molecule has 116 valence electrons. The van der Waals surface area contributed by atoms with Gasteiger partial charge in [-0.05, 0) is 42.8 Å². The van der Waals surface area contributed by atoms with Crippen LogP contribution in [0.4, 0.5) is 11.6 Å². The highest BCUT2D eigenvalue weighted by atomic mass is 15.2. The van der Waals surface area contributed by atoms with Gasteiger partial charge >= 0.3 is 0 Å². The molecule has 1 N–H and O–H groups in total. The Morgan fingerprint density at radius 3 is 2.52 bits per heavy atom. The lowest BCUT2D eigenvalue weighted by atomic mass is 10.0. The van der Waals surface area contributed by atoms with Gasteiger partial charge < -0.3 is 10.2 Å². The Morgan fingerprint density at radius 1 is 1.04 bits per heavy atom. The molecule has 2 aromatic carbocycles. The van der Waals surface area contributed by atoms with Crippen molar-refractivity contribution in [1.29, 1.82) is 0 Å². The average Bonchev–Trinajstić information content (AvgIpc) is 2.92. The third-order valence-corrected chi connectivity index (χ3v) is 4.34. The molecule has 0 saturated heterocycles. The first kappa shape index (κ1) is 13.9. The molecule has 4 rings (SSSR count). The van der Waals surface area contributed by atoms with Gasteiger partial charge in [0.15, 0.2) is 0 Å². The Kier molecular flexibility index (Phi) is 3.11. The summed E-state index contributed by atoms with van der Waals surface area (Å²) in [6.45, 7) is 2.09. The van der Waals surface area contributed by atoms with E-state index in [1.165, 1.54) is 11.3 Å². The summed E-state index contributed by atoms with van der Waals surface area (Å²) in [5, 5.41) is 3.38. The van der Waals surface area contributed by atoms with Crippen molar-refractivity contribution in [2.45, 2.75) is 13.0 Å². The number of aromatic nitrogens is 2. The Balaban J connectivity index is 1.86. The Labute approximate surface area is 136 Å². The number of fused-ring (bicyclic) bond motifs is 3. The van der Waals surface area contributed by atoms with Crippen LogP contribution in [-0.2, 0) is 0 Å². The number of benzene rings is 2. The van der Waals surface area contributed by atoms with Crippen LogP contribution in [0.25, 0.3) is 11.0 Å². The van der Waals surface area contributed by atoms with E-state index in [1.807, 2.05) is 6.07 Å². The molecular weight excluding hydrogens is 284 g/mol. The van der Waals surface area contributed by atoms with Gasteiger partial charge in [0.2, 0.25) is 5.95 Å². The van der Waals surface area contributed by atoms with Gasteiger partial charge in [0, 0.05) is 25.5 Å². The minimum absolute atomic E-state index is 0.162. The van der Waals surface area contributed by atoms with Gasteiger partial charge in [0.1, 0.15) is 0 Å². The molecule has 2 heterocycles. The number of rotatable bonds is 2. The Hall–Kier alpha value is -2.75. The molecule has 1 unspecified atom stereocenters. The van der Waals surface area contributed by atoms with E-state index in [2.05, 4.69) is 84.3 Å².